The Balaban J connectivity index is 1.59. The fourth-order valence-electron chi connectivity index (χ4n) is 4.44. The van der Waals surface area contributed by atoms with Gasteiger partial charge in [-0.15, -0.1) is 0 Å². The van der Waals surface area contributed by atoms with Crippen molar-refractivity contribution >= 4 is 16.9 Å². The molecule has 1 aliphatic rings. The van der Waals surface area contributed by atoms with E-state index in [1.807, 2.05) is 18.2 Å². The van der Waals surface area contributed by atoms with Gasteiger partial charge in [0.25, 0.3) is 0 Å². The van der Waals surface area contributed by atoms with Crippen LogP contribution >= 0.6 is 0 Å². The predicted molar refractivity (Wildman–Crippen MR) is 129 cm³/mol. The van der Waals surface area contributed by atoms with Crippen molar-refractivity contribution in [3.8, 4) is 0 Å². The first-order valence-corrected chi connectivity index (χ1v) is 11.0. The Hall–Kier alpha value is -2.96. The van der Waals surface area contributed by atoms with Crippen molar-refractivity contribution in [2.45, 2.75) is 33.4 Å². The van der Waals surface area contributed by atoms with Crippen LogP contribution in [0, 0.1) is 13.8 Å². The smallest absolute Gasteiger partial charge is 0.111 e. The Kier molecular flexibility index (Phi) is 7.02. The van der Waals surface area contributed by atoms with Crippen LogP contribution in [0.15, 0.2) is 67.2 Å². The lowest BCUT2D eigenvalue weighted by atomic mass is 9.85. The van der Waals surface area contributed by atoms with Crippen molar-refractivity contribution in [3.05, 3.63) is 101 Å². The van der Waals surface area contributed by atoms with Crippen molar-refractivity contribution in [1.82, 2.24) is 5.32 Å². The molecule has 32 heavy (non-hydrogen) atoms. The first-order chi connectivity index (χ1) is 15.6. The molecule has 0 bridgehead atoms. The van der Waals surface area contributed by atoms with Crippen LogP contribution in [0.1, 0.15) is 39.8 Å². The van der Waals surface area contributed by atoms with Crippen molar-refractivity contribution in [3.63, 3.8) is 0 Å². The Morgan fingerprint density at radius 1 is 1.00 bits per heavy atom. The Bertz CT molecular complexity index is 1100. The molecule has 0 aliphatic carbocycles. The summed E-state index contributed by atoms with van der Waals surface area (Å²) >= 11 is 0. The van der Waals surface area contributed by atoms with Crippen LogP contribution in [-0.2, 0) is 23.1 Å². The zero-order valence-electron chi connectivity index (χ0n) is 18.7. The lowest BCUT2D eigenvalue weighted by molar-refractivity contribution is -0.496. The molecular weight excluding hydrogens is 400 g/mol. The van der Waals surface area contributed by atoms with Gasteiger partial charge in [-0.1, -0.05) is 66.2 Å². The van der Waals surface area contributed by atoms with Crippen molar-refractivity contribution in [2.24, 2.45) is 0 Å². The largest absolute Gasteiger partial charge is 0.340 e. The van der Waals surface area contributed by atoms with E-state index in [-0.39, 0.29) is 6.61 Å². The highest BCUT2D eigenvalue weighted by Crippen LogP contribution is 2.47. The summed E-state index contributed by atoms with van der Waals surface area (Å²) in [6.45, 7) is 11.6. The molecule has 0 aromatic heterocycles. The van der Waals surface area contributed by atoms with Crippen molar-refractivity contribution in [2.75, 3.05) is 18.0 Å². The standard InChI is InChI=1S/C27H30N2O3/c1-19-13-14-24-21(3)26-23(18-31-32-30)11-7-12-25(26)29(27(24)20(19)2)16-8-15-28-17-22-9-5-4-6-10-22/h4-7,9-14,28,30H,3,8,15-18H2,1-2H3. The van der Waals surface area contributed by atoms with Gasteiger partial charge in [0.05, 0.1) is 5.69 Å². The van der Waals surface area contributed by atoms with E-state index in [2.05, 4.69) is 78.1 Å². The highest BCUT2D eigenvalue weighted by Gasteiger charge is 2.28. The molecule has 3 aromatic carbocycles. The van der Waals surface area contributed by atoms with E-state index in [0.29, 0.717) is 0 Å². The third-order valence-electron chi connectivity index (χ3n) is 6.19. The molecule has 0 atom stereocenters. The molecule has 0 radical (unpaired) electrons. The third-order valence-corrected chi connectivity index (χ3v) is 6.19. The molecule has 0 saturated heterocycles. The lowest BCUT2D eigenvalue weighted by Crippen LogP contribution is -2.28. The van der Waals surface area contributed by atoms with Gasteiger partial charge in [-0.2, -0.15) is 0 Å². The zero-order chi connectivity index (χ0) is 22.5. The topological polar surface area (TPSA) is 54.0 Å². The summed E-state index contributed by atoms with van der Waals surface area (Å²) in [5.74, 6) is 0. The molecule has 1 heterocycles. The SMILES string of the molecule is C=C1c2ccc(C)c(C)c2N(CCCNCc2ccccc2)c2cccc(COOO)c21. The minimum absolute atomic E-state index is 0.144. The van der Waals surface area contributed by atoms with E-state index in [0.717, 1.165) is 54.0 Å². The number of fused-ring (bicyclic) bond motifs is 2. The highest BCUT2D eigenvalue weighted by atomic mass is 17.5. The minimum atomic E-state index is 0.144. The maximum atomic E-state index is 8.66. The van der Waals surface area contributed by atoms with Crippen LogP contribution in [0.4, 0.5) is 11.4 Å². The number of benzene rings is 3. The number of anilines is 2. The van der Waals surface area contributed by atoms with Crippen LogP contribution in [0.2, 0.25) is 0 Å². The van der Waals surface area contributed by atoms with E-state index in [9.17, 15) is 0 Å². The van der Waals surface area contributed by atoms with Gasteiger partial charge in [0, 0.05) is 29.9 Å². The average Bonchev–Trinajstić information content (AvgIpc) is 2.82. The van der Waals surface area contributed by atoms with Crippen LogP contribution in [0.25, 0.3) is 5.57 Å². The van der Waals surface area contributed by atoms with Gasteiger partial charge >= 0.3 is 0 Å². The van der Waals surface area contributed by atoms with Crippen molar-refractivity contribution in [1.29, 1.82) is 0 Å². The summed E-state index contributed by atoms with van der Waals surface area (Å²) in [4.78, 5) is 7.24. The monoisotopic (exact) mass is 430 g/mol. The van der Waals surface area contributed by atoms with Gasteiger partial charge in [-0.25, -0.2) is 10.1 Å². The van der Waals surface area contributed by atoms with Crippen molar-refractivity contribution < 1.29 is 15.2 Å². The number of nitrogens with one attached hydrogen (secondary N) is 1. The Morgan fingerprint density at radius 3 is 2.59 bits per heavy atom. The zero-order valence-corrected chi connectivity index (χ0v) is 18.7. The maximum Gasteiger partial charge on any atom is 0.111 e. The minimum Gasteiger partial charge on any atom is -0.340 e. The van der Waals surface area contributed by atoms with E-state index in [4.69, 9.17) is 10.1 Å². The van der Waals surface area contributed by atoms with Gasteiger partial charge in [-0.3, -0.25) is 0 Å². The summed E-state index contributed by atoms with van der Waals surface area (Å²) in [6, 6.07) is 20.9. The first kappa shape index (κ1) is 22.2. The van der Waals surface area contributed by atoms with Crippen LogP contribution < -0.4 is 10.2 Å². The fourth-order valence-corrected chi connectivity index (χ4v) is 4.44. The second-order valence-electron chi connectivity index (χ2n) is 8.20. The molecule has 5 nitrogen and oxygen atoms in total. The van der Waals surface area contributed by atoms with Gasteiger partial charge in [0.2, 0.25) is 0 Å². The highest BCUT2D eigenvalue weighted by molar-refractivity contribution is 5.99. The van der Waals surface area contributed by atoms with E-state index in [1.165, 1.54) is 22.4 Å². The number of hydrogen-bond acceptors (Lipinski definition) is 5. The summed E-state index contributed by atoms with van der Waals surface area (Å²) in [5.41, 5.74) is 10.2. The Labute approximate surface area is 189 Å². The van der Waals surface area contributed by atoms with Gasteiger partial charge in [-0.05, 0) is 60.7 Å². The molecule has 0 spiro atoms. The van der Waals surface area contributed by atoms with Crippen LogP contribution in [0.3, 0.4) is 0 Å². The first-order valence-electron chi connectivity index (χ1n) is 11.0. The average molecular weight is 431 g/mol. The maximum absolute atomic E-state index is 8.66. The quantitative estimate of drug-likeness (QED) is 0.251. The Morgan fingerprint density at radius 2 is 1.81 bits per heavy atom. The molecule has 3 aromatic rings. The number of aryl methyl sites for hydroxylation is 1. The second-order valence-corrected chi connectivity index (χ2v) is 8.20. The molecule has 0 amide bonds. The molecule has 2 N–H and O–H groups in total. The van der Waals surface area contributed by atoms with Gasteiger partial charge in [0.15, 0.2) is 0 Å². The molecule has 1 aliphatic heterocycles. The molecular formula is C27H30N2O3. The van der Waals surface area contributed by atoms with Crippen LogP contribution in [0.5, 0.6) is 0 Å². The molecule has 4 rings (SSSR count). The molecule has 0 saturated carbocycles. The third kappa shape index (κ3) is 4.47. The number of rotatable bonds is 9. The number of nitrogens with zero attached hydrogens (tertiary/aromatic N) is 1. The van der Waals surface area contributed by atoms with E-state index < -0.39 is 0 Å². The summed E-state index contributed by atoms with van der Waals surface area (Å²) in [7, 11) is 0. The molecule has 0 fully saturated rings. The van der Waals surface area contributed by atoms with E-state index in [1.54, 1.807) is 0 Å². The molecule has 0 unspecified atom stereocenters. The summed E-state index contributed by atoms with van der Waals surface area (Å²) in [6.07, 6.45) is 0.992. The summed E-state index contributed by atoms with van der Waals surface area (Å²) in [5, 5.41) is 16.1. The van der Waals surface area contributed by atoms with Gasteiger partial charge in [0.1, 0.15) is 6.61 Å². The lowest BCUT2D eigenvalue weighted by Gasteiger charge is -2.37. The fraction of sp³-hybridized carbons (Fsp3) is 0.259. The summed E-state index contributed by atoms with van der Waals surface area (Å²) < 4.78 is 0. The van der Waals surface area contributed by atoms with E-state index >= 15 is 0 Å². The second kappa shape index (κ2) is 10.1. The number of hydrogen-bond donors (Lipinski definition) is 2. The molecule has 5 heteroatoms. The normalized spacial score (nSPS) is 12.6. The molecule has 166 valence electrons. The van der Waals surface area contributed by atoms with Gasteiger partial charge < -0.3 is 10.2 Å². The predicted octanol–water partition coefficient (Wildman–Crippen LogP) is 5.92. The van der Waals surface area contributed by atoms with Crippen LogP contribution in [-0.4, -0.2) is 18.3 Å².